The van der Waals surface area contributed by atoms with Crippen molar-refractivity contribution in [2.75, 3.05) is 24.5 Å². The van der Waals surface area contributed by atoms with Crippen LogP contribution in [0.15, 0.2) is 36.5 Å². The van der Waals surface area contributed by atoms with Crippen molar-refractivity contribution in [2.45, 2.75) is 77.0 Å². The topological polar surface area (TPSA) is 83.2 Å². The molecule has 2 aromatic heterocycles. The molecule has 4 heterocycles. The molecule has 2 aliphatic heterocycles. The van der Waals surface area contributed by atoms with Gasteiger partial charge in [0.1, 0.15) is 11.6 Å². The van der Waals surface area contributed by atoms with Gasteiger partial charge in [0.2, 0.25) is 0 Å². The Morgan fingerprint density at radius 2 is 1.86 bits per heavy atom. The molecule has 1 amide bonds. The van der Waals surface area contributed by atoms with Gasteiger partial charge in [-0.25, -0.2) is 9.50 Å². The molecule has 3 aliphatic rings. The van der Waals surface area contributed by atoms with Crippen LogP contribution in [0.1, 0.15) is 79.5 Å². The van der Waals surface area contributed by atoms with E-state index in [1.165, 1.54) is 12.8 Å². The summed E-state index contributed by atoms with van der Waals surface area (Å²) in [5, 5.41) is 15.1. The second-order valence-corrected chi connectivity index (χ2v) is 11.1. The maximum Gasteiger partial charge on any atom is 0.258 e. The van der Waals surface area contributed by atoms with E-state index < -0.39 is 0 Å². The fourth-order valence-corrected chi connectivity index (χ4v) is 6.19. The highest BCUT2D eigenvalue weighted by molar-refractivity contribution is 5.97. The standard InChI is InChI=1S/C29H37N5O3/c1-19-16-32(18-25(19)35)28-20(2)17-34-27(30-28)15-23(31-34)24-12-7-8-14-33(24)29(36)22-11-5-6-13-26(22)37-21-9-3-4-10-21/h5-6,11,13,15,17,19,21,24-25,35H,3-4,7-10,12,14,16,18H2,1-2H3/t19-,24+,25+/m1/s1. The number of fused-ring (bicyclic) bond motifs is 1. The summed E-state index contributed by atoms with van der Waals surface area (Å²) in [5.41, 5.74) is 3.31. The molecule has 3 aromatic rings. The second-order valence-electron chi connectivity index (χ2n) is 11.1. The van der Waals surface area contributed by atoms with Gasteiger partial charge in [-0.2, -0.15) is 5.10 Å². The van der Waals surface area contributed by atoms with Crippen LogP contribution in [0.4, 0.5) is 5.82 Å². The normalized spacial score (nSPS) is 24.8. The van der Waals surface area contributed by atoms with Gasteiger partial charge in [-0.15, -0.1) is 0 Å². The van der Waals surface area contributed by atoms with Gasteiger partial charge in [0, 0.05) is 43.4 Å². The van der Waals surface area contributed by atoms with Gasteiger partial charge in [-0.3, -0.25) is 4.79 Å². The Morgan fingerprint density at radius 1 is 1.08 bits per heavy atom. The van der Waals surface area contributed by atoms with Gasteiger partial charge in [0.15, 0.2) is 5.65 Å². The zero-order chi connectivity index (χ0) is 25.5. The Kier molecular flexibility index (Phi) is 6.53. The number of para-hydroxylation sites is 1. The maximum absolute atomic E-state index is 13.9. The van der Waals surface area contributed by atoms with Gasteiger partial charge in [-0.05, 0) is 64.0 Å². The molecule has 0 bridgehead atoms. The van der Waals surface area contributed by atoms with Crippen molar-refractivity contribution in [1.29, 1.82) is 0 Å². The van der Waals surface area contributed by atoms with Crippen LogP contribution in [0, 0.1) is 12.8 Å². The molecular weight excluding hydrogens is 466 g/mol. The predicted octanol–water partition coefficient (Wildman–Crippen LogP) is 4.54. The number of aliphatic hydroxyl groups is 1. The zero-order valence-corrected chi connectivity index (χ0v) is 21.8. The number of nitrogens with zero attached hydrogens (tertiary/aromatic N) is 5. The van der Waals surface area contributed by atoms with Crippen molar-refractivity contribution in [3.63, 3.8) is 0 Å². The third kappa shape index (κ3) is 4.67. The number of aliphatic hydroxyl groups excluding tert-OH is 1. The van der Waals surface area contributed by atoms with E-state index in [1.807, 2.05) is 52.9 Å². The summed E-state index contributed by atoms with van der Waals surface area (Å²) in [6.07, 6.45) is 9.29. The van der Waals surface area contributed by atoms with E-state index in [4.69, 9.17) is 14.8 Å². The smallest absolute Gasteiger partial charge is 0.258 e. The monoisotopic (exact) mass is 503 g/mol. The number of carbonyl (C=O) groups excluding carboxylic acids is 1. The summed E-state index contributed by atoms with van der Waals surface area (Å²) in [7, 11) is 0. The first-order valence-electron chi connectivity index (χ1n) is 13.8. The van der Waals surface area contributed by atoms with Crippen molar-refractivity contribution < 1.29 is 14.6 Å². The molecule has 37 heavy (non-hydrogen) atoms. The molecular formula is C29H37N5O3. The molecule has 6 rings (SSSR count). The molecule has 8 nitrogen and oxygen atoms in total. The van der Waals surface area contributed by atoms with Crippen molar-refractivity contribution in [2.24, 2.45) is 5.92 Å². The van der Waals surface area contributed by atoms with E-state index in [1.54, 1.807) is 0 Å². The lowest BCUT2D eigenvalue weighted by Crippen LogP contribution is -2.39. The van der Waals surface area contributed by atoms with E-state index in [0.717, 1.165) is 61.4 Å². The Bertz CT molecular complexity index is 1270. The average molecular weight is 504 g/mol. The van der Waals surface area contributed by atoms with Crippen LogP contribution in [0.25, 0.3) is 5.65 Å². The molecule has 196 valence electrons. The Hall–Kier alpha value is -3.13. The summed E-state index contributed by atoms with van der Waals surface area (Å²) in [4.78, 5) is 23.0. The van der Waals surface area contributed by atoms with E-state index in [0.29, 0.717) is 24.4 Å². The number of ether oxygens (including phenoxy) is 1. The molecule has 3 atom stereocenters. The Balaban J connectivity index is 1.28. The van der Waals surface area contributed by atoms with E-state index in [-0.39, 0.29) is 30.1 Å². The molecule has 2 saturated heterocycles. The van der Waals surface area contributed by atoms with Crippen LogP contribution < -0.4 is 9.64 Å². The highest BCUT2D eigenvalue weighted by atomic mass is 16.5. The first kappa shape index (κ1) is 24.2. The predicted molar refractivity (Wildman–Crippen MR) is 142 cm³/mol. The lowest BCUT2D eigenvalue weighted by atomic mass is 9.98. The highest BCUT2D eigenvalue weighted by Gasteiger charge is 2.33. The molecule has 0 radical (unpaired) electrons. The molecule has 1 N–H and O–H groups in total. The fourth-order valence-electron chi connectivity index (χ4n) is 6.19. The van der Waals surface area contributed by atoms with Crippen LogP contribution in [0.5, 0.6) is 5.75 Å². The van der Waals surface area contributed by atoms with Crippen LogP contribution in [0.2, 0.25) is 0 Å². The second kappa shape index (κ2) is 9.97. The maximum atomic E-state index is 13.9. The zero-order valence-electron chi connectivity index (χ0n) is 21.8. The minimum atomic E-state index is -0.333. The van der Waals surface area contributed by atoms with Crippen LogP contribution in [-0.2, 0) is 0 Å². The van der Waals surface area contributed by atoms with E-state index >= 15 is 0 Å². The quantitative estimate of drug-likeness (QED) is 0.550. The number of β-amino-alcohol motifs (C(OH)–C–C–N with tert-alkyl or cyclic N) is 1. The molecule has 0 unspecified atom stereocenters. The summed E-state index contributed by atoms with van der Waals surface area (Å²) in [6, 6.07) is 9.62. The van der Waals surface area contributed by atoms with Crippen molar-refractivity contribution in [1.82, 2.24) is 19.5 Å². The van der Waals surface area contributed by atoms with Crippen molar-refractivity contribution in [3.05, 3.63) is 53.3 Å². The molecule has 1 saturated carbocycles. The number of anilines is 1. The van der Waals surface area contributed by atoms with Gasteiger partial charge in [0.25, 0.3) is 5.91 Å². The number of likely N-dealkylation sites (tertiary alicyclic amines) is 1. The number of aromatic nitrogens is 3. The fraction of sp³-hybridized carbons (Fsp3) is 0.552. The number of carbonyl (C=O) groups is 1. The largest absolute Gasteiger partial charge is 0.490 e. The third-order valence-electron chi connectivity index (χ3n) is 8.31. The van der Waals surface area contributed by atoms with E-state index in [2.05, 4.69) is 11.8 Å². The lowest BCUT2D eigenvalue weighted by molar-refractivity contribution is 0.0598. The molecule has 0 spiro atoms. The number of aryl methyl sites for hydroxylation is 1. The average Bonchev–Trinajstić information content (AvgIpc) is 3.64. The minimum absolute atomic E-state index is 0.0141. The van der Waals surface area contributed by atoms with Crippen LogP contribution in [-0.4, -0.2) is 62.4 Å². The lowest BCUT2D eigenvalue weighted by Gasteiger charge is -2.35. The summed E-state index contributed by atoms with van der Waals surface area (Å²) in [5.74, 6) is 1.83. The minimum Gasteiger partial charge on any atom is -0.490 e. The number of benzene rings is 1. The van der Waals surface area contributed by atoms with E-state index in [9.17, 15) is 9.90 Å². The van der Waals surface area contributed by atoms with Gasteiger partial charge >= 0.3 is 0 Å². The van der Waals surface area contributed by atoms with Gasteiger partial charge in [0.05, 0.1) is 29.5 Å². The van der Waals surface area contributed by atoms with Gasteiger partial charge in [-0.1, -0.05) is 19.1 Å². The van der Waals surface area contributed by atoms with Crippen LogP contribution >= 0.6 is 0 Å². The summed E-state index contributed by atoms with van der Waals surface area (Å²) < 4.78 is 8.13. The number of piperidine rings is 1. The van der Waals surface area contributed by atoms with Crippen LogP contribution in [0.3, 0.4) is 0 Å². The summed E-state index contributed by atoms with van der Waals surface area (Å²) >= 11 is 0. The number of hydrogen-bond acceptors (Lipinski definition) is 6. The SMILES string of the molecule is Cc1cn2nc([C@@H]3CCCCN3C(=O)c3ccccc3OC3CCCC3)cc2nc1N1C[C@@H](C)[C@@H](O)C1. The molecule has 3 fully saturated rings. The Morgan fingerprint density at radius 3 is 2.65 bits per heavy atom. The number of rotatable bonds is 5. The summed E-state index contributed by atoms with van der Waals surface area (Å²) in [6.45, 7) is 6.20. The molecule has 8 heteroatoms. The Labute approximate surface area is 218 Å². The number of amides is 1. The first-order chi connectivity index (χ1) is 18.0. The van der Waals surface area contributed by atoms with Crippen molar-refractivity contribution in [3.8, 4) is 5.75 Å². The van der Waals surface area contributed by atoms with Gasteiger partial charge < -0.3 is 19.6 Å². The molecule has 1 aromatic carbocycles. The molecule has 1 aliphatic carbocycles. The highest BCUT2D eigenvalue weighted by Crippen LogP contribution is 2.35. The third-order valence-corrected chi connectivity index (χ3v) is 8.31. The first-order valence-corrected chi connectivity index (χ1v) is 13.8. The van der Waals surface area contributed by atoms with Crippen molar-refractivity contribution >= 4 is 17.4 Å². The number of hydrogen-bond donors (Lipinski definition) is 1.